The first-order chi connectivity index (χ1) is 23.9. The number of pyridine rings is 1. The molecular weight excluding hydrogens is 663 g/mol. The van der Waals surface area contributed by atoms with E-state index in [1.165, 1.54) is 18.3 Å². The van der Waals surface area contributed by atoms with E-state index in [2.05, 4.69) is 44.1 Å². The fourth-order valence-corrected chi connectivity index (χ4v) is 6.72. The minimum atomic E-state index is -0.559. The summed E-state index contributed by atoms with van der Waals surface area (Å²) >= 11 is 7.67. The maximum Gasteiger partial charge on any atom is 0.253 e. The van der Waals surface area contributed by atoms with Crippen LogP contribution in [-0.4, -0.2) is 44.4 Å². The summed E-state index contributed by atoms with van der Waals surface area (Å²) in [4.78, 5) is 32.8. The Balaban J connectivity index is 0.950. The Morgan fingerprint density at radius 1 is 0.959 bits per heavy atom. The highest BCUT2D eigenvalue weighted by atomic mass is 35.5. The molecule has 1 atom stereocenters. The number of amides is 2. The molecule has 2 amide bonds. The molecule has 246 valence electrons. The molecule has 3 aromatic heterocycles. The summed E-state index contributed by atoms with van der Waals surface area (Å²) in [6, 6.07) is 28.8. The van der Waals surface area contributed by atoms with Crippen LogP contribution in [0.5, 0.6) is 5.75 Å². The topological polar surface area (TPSA) is 111 Å². The van der Waals surface area contributed by atoms with Crippen LogP contribution >= 0.6 is 22.9 Å². The number of carbonyl (C=O) groups excluding carboxylic acids is 2. The zero-order chi connectivity index (χ0) is 33.7. The largest absolute Gasteiger partial charge is 0.491 e. The number of nitrogens with one attached hydrogen (secondary N) is 2. The maximum atomic E-state index is 13.9. The van der Waals surface area contributed by atoms with E-state index in [0.29, 0.717) is 35.4 Å². The molecule has 0 radical (unpaired) electrons. The van der Waals surface area contributed by atoms with E-state index < -0.39 is 11.9 Å². The molecule has 1 aliphatic rings. The molecule has 49 heavy (non-hydrogen) atoms. The zero-order valence-electron chi connectivity index (χ0n) is 26.0. The van der Waals surface area contributed by atoms with Gasteiger partial charge in [0.1, 0.15) is 23.9 Å². The average molecular weight is 693 g/mol. The number of carbonyl (C=O) groups is 2. The highest BCUT2D eigenvalue weighted by Crippen LogP contribution is 2.34. The van der Waals surface area contributed by atoms with Crippen LogP contribution in [0.4, 0.5) is 4.39 Å². The second kappa shape index (κ2) is 14.4. The lowest BCUT2D eigenvalue weighted by Crippen LogP contribution is -2.50. The Morgan fingerprint density at radius 2 is 1.71 bits per heavy atom. The number of benzene rings is 3. The lowest BCUT2D eigenvalue weighted by molar-refractivity contribution is -0.129. The molecular formula is C37H30ClFN6O3S. The minimum absolute atomic E-state index is 0.0364. The fourth-order valence-electron chi connectivity index (χ4n) is 5.57. The van der Waals surface area contributed by atoms with Crippen molar-refractivity contribution in [2.45, 2.75) is 24.9 Å². The van der Waals surface area contributed by atoms with Gasteiger partial charge in [-0.2, -0.15) is 0 Å². The van der Waals surface area contributed by atoms with Crippen LogP contribution in [0.25, 0.3) is 26.7 Å². The number of hydrogen-bond acceptors (Lipinski definition) is 7. The van der Waals surface area contributed by atoms with Crippen LogP contribution in [0, 0.1) is 11.7 Å². The number of halogens is 2. The summed E-state index contributed by atoms with van der Waals surface area (Å²) in [6.45, 7) is 0.128. The van der Waals surface area contributed by atoms with E-state index in [-0.39, 0.29) is 35.4 Å². The first kappa shape index (κ1) is 32.2. The molecule has 1 fully saturated rings. The van der Waals surface area contributed by atoms with Crippen LogP contribution in [0.3, 0.4) is 0 Å². The molecule has 6 aromatic rings. The van der Waals surface area contributed by atoms with E-state index in [0.717, 1.165) is 21.0 Å². The van der Waals surface area contributed by atoms with Crippen molar-refractivity contribution in [2.24, 2.45) is 5.92 Å². The van der Waals surface area contributed by atoms with Gasteiger partial charge in [0.05, 0.1) is 39.6 Å². The van der Waals surface area contributed by atoms with E-state index >= 15 is 0 Å². The van der Waals surface area contributed by atoms with Crippen molar-refractivity contribution in [1.82, 2.24) is 30.6 Å². The number of para-hydroxylation sites is 1. The predicted molar refractivity (Wildman–Crippen MR) is 186 cm³/mol. The Morgan fingerprint density at radius 3 is 2.49 bits per heavy atom. The van der Waals surface area contributed by atoms with E-state index in [9.17, 15) is 14.0 Å². The zero-order valence-corrected chi connectivity index (χ0v) is 27.6. The normalized spacial score (nSPS) is 16.0. The third-order valence-corrected chi connectivity index (χ3v) is 9.77. The van der Waals surface area contributed by atoms with Crippen molar-refractivity contribution in [3.8, 4) is 32.4 Å². The first-order valence-corrected chi connectivity index (χ1v) is 16.9. The van der Waals surface area contributed by atoms with E-state index in [1.807, 2.05) is 60.8 Å². The average Bonchev–Trinajstić information content (AvgIpc) is 3.81. The molecule has 1 aliphatic carbocycles. The monoisotopic (exact) mass is 692 g/mol. The van der Waals surface area contributed by atoms with Crippen LogP contribution in [0.2, 0.25) is 5.02 Å². The molecule has 7 rings (SSSR count). The summed E-state index contributed by atoms with van der Waals surface area (Å²) in [6.07, 6.45) is 5.87. The van der Waals surface area contributed by atoms with Crippen molar-refractivity contribution in [1.29, 1.82) is 0 Å². The Kier molecular flexibility index (Phi) is 9.45. The number of ether oxygens (including phenoxy) is 1. The van der Waals surface area contributed by atoms with Gasteiger partial charge in [0.15, 0.2) is 0 Å². The van der Waals surface area contributed by atoms with E-state index in [4.69, 9.17) is 16.3 Å². The van der Waals surface area contributed by atoms with Crippen molar-refractivity contribution in [2.75, 3.05) is 6.61 Å². The van der Waals surface area contributed by atoms with Gasteiger partial charge in [0.25, 0.3) is 5.91 Å². The van der Waals surface area contributed by atoms with Gasteiger partial charge in [-0.15, -0.1) is 16.4 Å². The highest BCUT2D eigenvalue weighted by Gasteiger charge is 2.36. The molecule has 3 aromatic carbocycles. The second-order valence-corrected chi connectivity index (χ2v) is 13.2. The van der Waals surface area contributed by atoms with Gasteiger partial charge in [-0.1, -0.05) is 71.4 Å². The lowest BCUT2D eigenvalue weighted by Gasteiger charge is -2.35. The Hall–Kier alpha value is -5.39. The lowest BCUT2D eigenvalue weighted by atomic mass is 9.79. The minimum Gasteiger partial charge on any atom is -0.491 e. The van der Waals surface area contributed by atoms with Crippen LogP contribution in [0.15, 0.2) is 116 Å². The summed E-state index contributed by atoms with van der Waals surface area (Å²) in [7, 11) is 0. The van der Waals surface area contributed by atoms with Crippen LogP contribution in [0.1, 0.15) is 34.8 Å². The SMILES string of the molecule is O=C(NC1CC(C(=O)NC(COc2ccccc2)c2ccc(F)c(Cl)c2)C1)c1cncc(-n2cc(-c3ccc(-c4ccccc4)s3)nn2)c1. The highest BCUT2D eigenvalue weighted by molar-refractivity contribution is 7.18. The van der Waals surface area contributed by atoms with E-state index in [1.54, 1.807) is 34.3 Å². The fraction of sp³-hybridized carbons (Fsp3) is 0.162. The van der Waals surface area contributed by atoms with Gasteiger partial charge in [-0.05, 0) is 66.4 Å². The number of nitrogens with zero attached hydrogens (tertiary/aromatic N) is 4. The molecule has 3 heterocycles. The number of rotatable bonds is 11. The van der Waals surface area contributed by atoms with Gasteiger partial charge in [-0.3, -0.25) is 14.6 Å². The number of thiophene rings is 1. The van der Waals surface area contributed by atoms with Crippen LogP contribution < -0.4 is 15.4 Å². The molecule has 0 saturated heterocycles. The van der Waals surface area contributed by atoms with Gasteiger partial charge in [0.2, 0.25) is 5.91 Å². The third kappa shape index (κ3) is 7.53. The molecule has 0 aliphatic heterocycles. The molecule has 1 unspecified atom stereocenters. The Labute approximate surface area is 290 Å². The number of hydrogen-bond donors (Lipinski definition) is 2. The quantitative estimate of drug-likeness (QED) is 0.148. The molecule has 2 N–H and O–H groups in total. The van der Waals surface area contributed by atoms with Crippen molar-refractivity contribution < 1.29 is 18.7 Å². The molecule has 1 saturated carbocycles. The predicted octanol–water partition coefficient (Wildman–Crippen LogP) is 7.30. The standard InChI is InChI=1S/C37H30ClFN6O3S/c38-30-18-24(11-12-31(30)39)33(22-48-29-9-5-2-6-10-29)42-36(46)25-15-27(16-25)41-37(47)26-17-28(20-40-19-26)45-21-32(43-44-45)35-14-13-34(49-35)23-7-3-1-4-8-23/h1-14,17-21,25,27,33H,15-16,22H2,(H,41,47)(H,42,46). The van der Waals surface area contributed by atoms with Crippen molar-refractivity contribution >= 4 is 34.8 Å². The maximum absolute atomic E-state index is 13.9. The van der Waals surface area contributed by atoms with Gasteiger partial charge in [-0.25, -0.2) is 9.07 Å². The molecule has 9 nitrogen and oxygen atoms in total. The smallest absolute Gasteiger partial charge is 0.253 e. The van der Waals surface area contributed by atoms with Crippen molar-refractivity contribution in [3.63, 3.8) is 0 Å². The first-order valence-electron chi connectivity index (χ1n) is 15.7. The van der Waals surface area contributed by atoms with Crippen molar-refractivity contribution in [3.05, 3.63) is 138 Å². The molecule has 12 heteroatoms. The Bertz CT molecular complexity index is 2080. The summed E-state index contributed by atoms with van der Waals surface area (Å²) < 4.78 is 21.4. The molecule has 0 bridgehead atoms. The van der Waals surface area contributed by atoms with Gasteiger partial charge >= 0.3 is 0 Å². The van der Waals surface area contributed by atoms with Gasteiger partial charge in [0, 0.05) is 23.0 Å². The number of aromatic nitrogens is 4. The van der Waals surface area contributed by atoms with Crippen LogP contribution in [-0.2, 0) is 4.79 Å². The third-order valence-electron chi connectivity index (χ3n) is 8.33. The van der Waals surface area contributed by atoms with Gasteiger partial charge < -0.3 is 15.4 Å². The summed E-state index contributed by atoms with van der Waals surface area (Å²) in [5, 5.41) is 14.6. The second-order valence-electron chi connectivity index (χ2n) is 11.7. The summed E-state index contributed by atoms with van der Waals surface area (Å²) in [5.41, 5.74) is 3.45. The molecule has 0 spiro atoms. The summed E-state index contributed by atoms with van der Waals surface area (Å²) in [5.74, 6) is -0.679.